The van der Waals surface area contributed by atoms with E-state index in [0.29, 0.717) is 26.2 Å². The average molecular weight is 416 g/mol. The summed E-state index contributed by atoms with van der Waals surface area (Å²) in [6.45, 7) is 9.34. The third-order valence-electron chi connectivity index (χ3n) is 4.90. The number of carboxylic acids is 1. The molecule has 0 atom stereocenters. The maximum atomic E-state index is 13.0. The lowest BCUT2D eigenvalue weighted by atomic mass is 10.2. The molecular weight excluding hydrogens is 390 g/mol. The zero-order valence-corrected chi connectivity index (χ0v) is 17.4. The van der Waals surface area contributed by atoms with Gasteiger partial charge in [-0.3, -0.25) is 0 Å². The van der Waals surface area contributed by atoms with Crippen molar-refractivity contribution in [1.29, 1.82) is 0 Å². The van der Waals surface area contributed by atoms with Crippen LogP contribution in [-0.4, -0.2) is 50.0 Å². The molecule has 1 fully saturated rings. The fraction of sp³-hybridized carbons (Fsp3) is 0.286. The number of rotatable bonds is 6. The summed E-state index contributed by atoms with van der Waals surface area (Å²) in [5.74, 6) is -0.966. The van der Waals surface area contributed by atoms with Crippen LogP contribution in [0.3, 0.4) is 0 Å². The van der Waals surface area contributed by atoms with E-state index in [1.54, 1.807) is 42.5 Å². The van der Waals surface area contributed by atoms with E-state index in [9.17, 15) is 13.2 Å². The van der Waals surface area contributed by atoms with Crippen LogP contribution < -0.4 is 10.2 Å². The summed E-state index contributed by atoms with van der Waals surface area (Å²) in [5, 5.41) is 12.1. The van der Waals surface area contributed by atoms with Gasteiger partial charge in [-0.15, -0.1) is 0 Å². The van der Waals surface area contributed by atoms with Crippen LogP contribution in [0.4, 0.5) is 11.4 Å². The molecule has 0 spiro atoms. The second-order valence-electron chi connectivity index (χ2n) is 7.13. The van der Waals surface area contributed by atoms with E-state index in [2.05, 4.69) is 16.8 Å². The largest absolute Gasteiger partial charge is 0.478 e. The van der Waals surface area contributed by atoms with Crippen LogP contribution in [0.1, 0.15) is 22.8 Å². The number of aromatic carboxylic acids is 1. The Morgan fingerprint density at radius 1 is 1.07 bits per heavy atom. The van der Waals surface area contributed by atoms with Crippen LogP contribution in [0.25, 0.3) is 0 Å². The highest BCUT2D eigenvalue weighted by Gasteiger charge is 2.29. The molecular formula is C21H25N3O4S. The van der Waals surface area contributed by atoms with Gasteiger partial charge in [-0.1, -0.05) is 6.58 Å². The van der Waals surface area contributed by atoms with Gasteiger partial charge in [-0.2, -0.15) is 4.31 Å². The van der Waals surface area contributed by atoms with Gasteiger partial charge in [0.25, 0.3) is 0 Å². The number of piperazine rings is 1. The minimum atomic E-state index is -3.57. The first-order valence-electron chi connectivity index (χ1n) is 9.30. The number of nitrogens with zero attached hydrogens (tertiary/aromatic N) is 2. The first-order valence-corrected chi connectivity index (χ1v) is 10.7. The Balaban J connectivity index is 1.70. The lowest BCUT2D eigenvalue weighted by molar-refractivity contribution is 0.0697. The normalized spacial score (nSPS) is 15.2. The molecule has 2 aromatic carbocycles. The predicted octanol–water partition coefficient (Wildman–Crippen LogP) is 3.15. The van der Waals surface area contributed by atoms with Crippen molar-refractivity contribution in [3.63, 3.8) is 0 Å². The van der Waals surface area contributed by atoms with Gasteiger partial charge < -0.3 is 15.3 Å². The molecule has 8 heteroatoms. The van der Waals surface area contributed by atoms with E-state index in [1.807, 2.05) is 13.8 Å². The van der Waals surface area contributed by atoms with Crippen molar-refractivity contribution in [2.24, 2.45) is 0 Å². The number of benzene rings is 2. The zero-order valence-electron chi connectivity index (χ0n) is 16.6. The van der Waals surface area contributed by atoms with Crippen molar-refractivity contribution in [1.82, 2.24) is 4.31 Å². The van der Waals surface area contributed by atoms with Gasteiger partial charge in [0.05, 0.1) is 10.5 Å². The monoisotopic (exact) mass is 415 g/mol. The van der Waals surface area contributed by atoms with E-state index in [-0.39, 0.29) is 10.5 Å². The number of carbonyl (C=O) groups is 1. The average Bonchev–Trinajstić information content (AvgIpc) is 2.69. The van der Waals surface area contributed by atoms with E-state index in [4.69, 9.17) is 5.11 Å². The Hall–Kier alpha value is -2.84. The van der Waals surface area contributed by atoms with Gasteiger partial charge >= 0.3 is 5.97 Å². The van der Waals surface area contributed by atoms with Gasteiger partial charge in [0.2, 0.25) is 10.0 Å². The first kappa shape index (κ1) is 20.9. The molecule has 0 saturated carbocycles. The first-order chi connectivity index (χ1) is 13.7. The smallest absolute Gasteiger partial charge is 0.335 e. The van der Waals surface area contributed by atoms with Gasteiger partial charge in [-0.25, -0.2) is 13.2 Å². The van der Waals surface area contributed by atoms with Gasteiger partial charge in [0.1, 0.15) is 0 Å². The minimum absolute atomic E-state index is 0.231. The van der Waals surface area contributed by atoms with E-state index >= 15 is 0 Å². The minimum Gasteiger partial charge on any atom is -0.478 e. The van der Waals surface area contributed by atoms with Crippen LogP contribution >= 0.6 is 0 Å². The molecule has 0 aliphatic carbocycles. The van der Waals surface area contributed by atoms with Crippen molar-refractivity contribution >= 4 is 27.4 Å². The van der Waals surface area contributed by atoms with Crippen LogP contribution in [-0.2, 0) is 10.0 Å². The molecule has 1 saturated heterocycles. The molecule has 2 N–H and O–H groups in total. The summed E-state index contributed by atoms with van der Waals surface area (Å²) in [4.78, 5) is 13.3. The van der Waals surface area contributed by atoms with E-state index in [1.165, 1.54) is 4.31 Å². The molecule has 154 valence electrons. The molecule has 1 heterocycles. The molecule has 1 aliphatic heterocycles. The Labute approximate surface area is 171 Å². The van der Waals surface area contributed by atoms with E-state index in [0.717, 1.165) is 22.6 Å². The number of nitrogens with one attached hydrogen (secondary N) is 1. The molecule has 0 bridgehead atoms. The van der Waals surface area contributed by atoms with Gasteiger partial charge in [0.15, 0.2) is 0 Å². The summed E-state index contributed by atoms with van der Waals surface area (Å²) in [5.41, 5.74) is 3.58. The third-order valence-corrected chi connectivity index (χ3v) is 6.80. The summed E-state index contributed by atoms with van der Waals surface area (Å²) in [6, 6.07) is 11.7. The number of hydrogen-bond donors (Lipinski definition) is 2. The molecule has 3 rings (SSSR count). The van der Waals surface area contributed by atoms with Crippen LogP contribution in [0.2, 0.25) is 0 Å². The maximum absolute atomic E-state index is 13.0. The number of sulfonamides is 1. The maximum Gasteiger partial charge on any atom is 0.335 e. The summed E-state index contributed by atoms with van der Waals surface area (Å²) in [7, 11) is -3.57. The SMILES string of the molecule is C=C(C)Nc1ccc(S(=O)(=O)N2CCN(c3ccc(C(=O)O)cc3)CC2)cc1C. The van der Waals surface area contributed by atoms with Crippen molar-refractivity contribution in [2.75, 3.05) is 36.4 Å². The van der Waals surface area contributed by atoms with Gasteiger partial charge in [0, 0.05) is 43.3 Å². The summed E-state index contributed by atoms with van der Waals surface area (Å²) >= 11 is 0. The standard InChI is InChI=1S/C21H25N3O4S/c1-15(2)22-20-9-8-19(14-16(20)3)29(27,28)24-12-10-23(11-13-24)18-6-4-17(5-7-18)21(25)26/h4-9,14,22H,1,10-13H2,2-3H3,(H,25,26). The fourth-order valence-corrected chi connectivity index (χ4v) is 4.83. The number of aryl methyl sites for hydroxylation is 1. The molecule has 0 amide bonds. The third kappa shape index (κ3) is 4.60. The van der Waals surface area contributed by atoms with E-state index < -0.39 is 16.0 Å². The molecule has 7 nitrogen and oxygen atoms in total. The van der Waals surface area contributed by atoms with Crippen LogP contribution in [0.15, 0.2) is 59.6 Å². The fourth-order valence-electron chi connectivity index (χ4n) is 3.32. The number of carboxylic acid groups (broad SMARTS) is 1. The molecule has 0 unspecified atom stereocenters. The summed E-state index contributed by atoms with van der Waals surface area (Å²) < 4.78 is 27.6. The molecule has 1 aliphatic rings. The molecule has 2 aromatic rings. The Morgan fingerprint density at radius 2 is 1.69 bits per heavy atom. The highest BCUT2D eigenvalue weighted by atomic mass is 32.2. The quantitative estimate of drug-likeness (QED) is 0.753. The number of anilines is 2. The molecule has 0 aromatic heterocycles. The van der Waals surface area contributed by atoms with Crippen molar-refractivity contribution < 1.29 is 18.3 Å². The Kier molecular flexibility index (Phi) is 5.95. The van der Waals surface area contributed by atoms with Crippen LogP contribution in [0.5, 0.6) is 0 Å². The zero-order chi connectivity index (χ0) is 21.2. The molecule has 0 radical (unpaired) electrons. The Morgan fingerprint density at radius 3 is 2.21 bits per heavy atom. The van der Waals surface area contributed by atoms with Gasteiger partial charge in [-0.05, 0) is 61.9 Å². The highest BCUT2D eigenvalue weighted by Crippen LogP contribution is 2.25. The highest BCUT2D eigenvalue weighted by molar-refractivity contribution is 7.89. The van der Waals surface area contributed by atoms with Crippen molar-refractivity contribution in [3.8, 4) is 0 Å². The number of hydrogen-bond acceptors (Lipinski definition) is 5. The van der Waals surface area contributed by atoms with Crippen molar-refractivity contribution in [3.05, 3.63) is 65.9 Å². The predicted molar refractivity (Wildman–Crippen MR) is 114 cm³/mol. The molecule has 29 heavy (non-hydrogen) atoms. The Bertz CT molecular complexity index is 1020. The lowest BCUT2D eigenvalue weighted by Gasteiger charge is -2.35. The topological polar surface area (TPSA) is 90.0 Å². The van der Waals surface area contributed by atoms with Crippen LogP contribution in [0, 0.1) is 6.92 Å². The second kappa shape index (κ2) is 8.26. The number of allylic oxidation sites excluding steroid dienone is 1. The summed E-state index contributed by atoms with van der Waals surface area (Å²) in [6.07, 6.45) is 0. The second-order valence-corrected chi connectivity index (χ2v) is 9.06. The van der Waals surface area contributed by atoms with Crippen molar-refractivity contribution in [2.45, 2.75) is 18.7 Å². The lowest BCUT2D eigenvalue weighted by Crippen LogP contribution is -2.48.